The summed E-state index contributed by atoms with van der Waals surface area (Å²) in [6.45, 7) is 9.61. The standard InChI is InChI=1S/C25H42O2/c1-5-6-23(27)16(2)20-9-10-21-19-8-7-17-15-18(26)11-13-24(17,3)22(19)12-14-25(20,21)4/h7,16,18-23,26-27H,5-6,8-15H2,1-4H3/t16-,18-,19-,20+,21-,22-,23-,24-,25+/m0/s1. The van der Waals surface area contributed by atoms with Gasteiger partial charge in [-0.2, -0.15) is 0 Å². The summed E-state index contributed by atoms with van der Waals surface area (Å²) in [5, 5.41) is 20.9. The van der Waals surface area contributed by atoms with Crippen LogP contribution < -0.4 is 0 Å². The van der Waals surface area contributed by atoms with E-state index in [1.165, 1.54) is 38.5 Å². The minimum atomic E-state index is -0.122. The summed E-state index contributed by atoms with van der Waals surface area (Å²) in [5.74, 6) is 3.60. The molecule has 0 spiro atoms. The Morgan fingerprint density at radius 3 is 2.63 bits per heavy atom. The molecule has 2 heteroatoms. The number of aliphatic hydroxyl groups excluding tert-OH is 2. The Morgan fingerprint density at radius 2 is 1.89 bits per heavy atom. The smallest absolute Gasteiger partial charge is 0.0577 e. The molecule has 4 aliphatic rings. The first-order valence-electron chi connectivity index (χ1n) is 11.9. The van der Waals surface area contributed by atoms with Crippen LogP contribution in [0, 0.1) is 40.4 Å². The summed E-state index contributed by atoms with van der Waals surface area (Å²) >= 11 is 0. The van der Waals surface area contributed by atoms with Crippen molar-refractivity contribution in [3.8, 4) is 0 Å². The van der Waals surface area contributed by atoms with E-state index in [9.17, 15) is 10.2 Å². The second kappa shape index (κ2) is 7.17. The summed E-state index contributed by atoms with van der Waals surface area (Å²) in [7, 11) is 0. The predicted octanol–water partition coefficient (Wildman–Crippen LogP) is 5.72. The maximum Gasteiger partial charge on any atom is 0.0577 e. The van der Waals surface area contributed by atoms with Gasteiger partial charge in [-0.3, -0.25) is 0 Å². The van der Waals surface area contributed by atoms with Crippen molar-refractivity contribution < 1.29 is 10.2 Å². The number of allylic oxidation sites excluding steroid dienone is 1. The molecule has 2 N–H and O–H groups in total. The molecule has 0 radical (unpaired) electrons. The van der Waals surface area contributed by atoms with Gasteiger partial charge in [0.1, 0.15) is 0 Å². The molecule has 2 nitrogen and oxygen atoms in total. The average Bonchev–Trinajstić information content (AvgIpc) is 2.99. The number of hydrogen-bond acceptors (Lipinski definition) is 2. The van der Waals surface area contributed by atoms with Gasteiger partial charge in [0.05, 0.1) is 12.2 Å². The average molecular weight is 375 g/mol. The van der Waals surface area contributed by atoms with Crippen LogP contribution in [0.4, 0.5) is 0 Å². The van der Waals surface area contributed by atoms with E-state index in [2.05, 4.69) is 33.8 Å². The molecule has 0 saturated heterocycles. The van der Waals surface area contributed by atoms with Gasteiger partial charge in [-0.05, 0) is 98.2 Å². The topological polar surface area (TPSA) is 40.5 Å². The molecule has 0 aromatic rings. The van der Waals surface area contributed by atoms with Crippen molar-refractivity contribution in [1.82, 2.24) is 0 Å². The van der Waals surface area contributed by atoms with Crippen LogP contribution in [-0.4, -0.2) is 22.4 Å². The lowest BCUT2D eigenvalue weighted by Crippen LogP contribution is -2.51. The van der Waals surface area contributed by atoms with Crippen molar-refractivity contribution in [2.24, 2.45) is 40.4 Å². The van der Waals surface area contributed by atoms with E-state index in [0.29, 0.717) is 22.7 Å². The van der Waals surface area contributed by atoms with Crippen molar-refractivity contribution in [2.45, 2.75) is 104 Å². The van der Waals surface area contributed by atoms with Gasteiger partial charge in [-0.15, -0.1) is 0 Å². The third-order valence-electron chi connectivity index (χ3n) is 9.98. The van der Waals surface area contributed by atoms with Crippen LogP contribution in [0.1, 0.15) is 91.9 Å². The third kappa shape index (κ3) is 3.05. The molecule has 9 atom stereocenters. The molecule has 0 aromatic carbocycles. The fraction of sp³-hybridized carbons (Fsp3) is 0.920. The van der Waals surface area contributed by atoms with Crippen molar-refractivity contribution in [3.63, 3.8) is 0 Å². The Bertz CT molecular complexity index is 583. The molecular weight excluding hydrogens is 332 g/mol. The Kier molecular flexibility index (Phi) is 5.30. The van der Waals surface area contributed by atoms with Gasteiger partial charge in [-0.1, -0.05) is 45.8 Å². The van der Waals surface area contributed by atoms with Crippen LogP contribution in [0.3, 0.4) is 0 Å². The summed E-state index contributed by atoms with van der Waals surface area (Å²) in [4.78, 5) is 0. The monoisotopic (exact) mass is 374 g/mol. The number of rotatable bonds is 4. The summed E-state index contributed by atoms with van der Waals surface area (Å²) in [6.07, 6.45) is 14.1. The molecule has 27 heavy (non-hydrogen) atoms. The lowest BCUT2D eigenvalue weighted by molar-refractivity contribution is -0.0678. The SMILES string of the molecule is CCC[C@H](O)[C@@H](C)[C@H]1CC[C@H]2[C@@H]3CC=C4C[C@@H](O)CC[C@]4(C)[C@H]3CC[C@]12C. The minimum Gasteiger partial charge on any atom is -0.393 e. The molecule has 0 heterocycles. The van der Waals surface area contributed by atoms with Crippen molar-refractivity contribution in [3.05, 3.63) is 11.6 Å². The first-order valence-corrected chi connectivity index (χ1v) is 11.9. The highest BCUT2D eigenvalue weighted by Gasteiger charge is 2.59. The molecule has 4 aliphatic carbocycles. The van der Waals surface area contributed by atoms with E-state index < -0.39 is 0 Å². The number of fused-ring (bicyclic) bond motifs is 5. The van der Waals surface area contributed by atoms with Crippen LogP contribution in [0.2, 0.25) is 0 Å². The second-order valence-electron chi connectivity index (χ2n) is 11.1. The third-order valence-corrected chi connectivity index (χ3v) is 9.98. The van der Waals surface area contributed by atoms with E-state index in [-0.39, 0.29) is 12.2 Å². The van der Waals surface area contributed by atoms with E-state index in [1.807, 2.05) is 0 Å². The van der Waals surface area contributed by atoms with Gasteiger partial charge >= 0.3 is 0 Å². The molecule has 0 aliphatic heterocycles. The molecule has 0 amide bonds. The van der Waals surface area contributed by atoms with Crippen LogP contribution in [0.5, 0.6) is 0 Å². The Morgan fingerprint density at radius 1 is 1.11 bits per heavy atom. The second-order valence-corrected chi connectivity index (χ2v) is 11.1. The van der Waals surface area contributed by atoms with Gasteiger partial charge in [0.2, 0.25) is 0 Å². The quantitative estimate of drug-likeness (QED) is 0.618. The number of aliphatic hydroxyl groups is 2. The molecule has 0 unspecified atom stereocenters. The van der Waals surface area contributed by atoms with Gasteiger partial charge in [0.15, 0.2) is 0 Å². The lowest BCUT2D eigenvalue weighted by atomic mass is 9.47. The Labute approximate surface area is 166 Å². The van der Waals surface area contributed by atoms with Crippen molar-refractivity contribution in [2.75, 3.05) is 0 Å². The number of hydrogen-bond donors (Lipinski definition) is 2. The molecule has 0 bridgehead atoms. The fourth-order valence-corrected chi connectivity index (χ4v) is 8.37. The predicted molar refractivity (Wildman–Crippen MR) is 111 cm³/mol. The zero-order valence-corrected chi connectivity index (χ0v) is 18.1. The normalized spacial score (nSPS) is 48.8. The van der Waals surface area contributed by atoms with Crippen molar-refractivity contribution in [1.29, 1.82) is 0 Å². The Balaban J connectivity index is 1.57. The van der Waals surface area contributed by atoms with E-state index in [1.54, 1.807) is 5.57 Å². The van der Waals surface area contributed by atoms with Crippen molar-refractivity contribution >= 4 is 0 Å². The zero-order chi connectivity index (χ0) is 19.4. The van der Waals surface area contributed by atoms with Gasteiger partial charge in [0, 0.05) is 0 Å². The first-order chi connectivity index (χ1) is 12.8. The first kappa shape index (κ1) is 20.0. The summed E-state index contributed by atoms with van der Waals surface area (Å²) in [6, 6.07) is 0. The highest BCUT2D eigenvalue weighted by atomic mass is 16.3. The van der Waals surface area contributed by atoms with E-state index in [4.69, 9.17) is 0 Å². The summed E-state index contributed by atoms with van der Waals surface area (Å²) < 4.78 is 0. The zero-order valence-electron chi connectivity index (χ0n) is 18.1. The van der Waals surface area contributed by atoms with Crippen LogP contribution in [0.15, 0.2) is 11.6 Å². The Hall–Kier alpha value is -0.340. The minimum absolute atomic E-state index is 0.105. The maximum absolute atomic E-state index is 10.7. The largest absolute Gasteiger partial charge is 0.393 e. The maximum atomic E-state index is 10.7. The van der Waals surface area contributed by atoms with Gasteiger partial charge in [-0.25, -0.2) is 0 Å². The molecule has 0 aromatic heterocycles. The molecule has 154 valence electrons. The molecular formula is C25H42O2. The van der Waals surface area contributed by atoms with Crippen LogP contribution >= 0.6 is 0 Å². The summed E-state index contributed by atoms with van der Waals surface area (Å²) in [5.41, 5.74) is 2.34. The van der Waals surface area contributed by atoms with E-state index >= 15 is 0 Å². The van der Waals surface area contributed by atoms with E-state index in [0.717, 1.165) is 43.4 Å². The van der Waals surface area contributed by atoms with Gasteiger partial charge in [0.25, 0.3) is 0 Å². The highest BCUT2D eigenvalue weighted by Crippen LogP contribution is 2.67. The van der Waals surface area contributed by atoms with Gasteiger partial charge < -0.3 is 10.2 Å². The molecule has 4 rings (SSSR count). The van der Waals surface area contributed by atoms with Crippen LogP contribution in [-0.2, 0) is 0 Å². The fourth-order valence-electron chi connectivity index (χ4n) is 8.37. The molecule has 3 fully saturated rings. The molecule has 3 saturated carbocycles. The highest BCUT2D eigenvalue weighted by molar-refractivity contribution is 5.25. The lowest BCUT2D eigenvalue weighted by Gasteiger charge is -2.58. The van der Waals surface area contributed by atoms with Crippen LogP contribution in [0.25, 0.3) is 0 Å².